The minimum absolute atomic E-state index is 0.140. The van der Waals surface area contributed by atoms with Crippen molar-refractivity contribution in [3.63, 3.8) is 0 Å². The molecular formula is C17H15N3O2S. The molecule has 3 aromatic rings. The summed E-state index contributed by atoms with van der Waals surface area (Å²) in [7, 11) is 0. The molecule has 0 saturated carbocycles. The summed E-state index contributed by atoms with van der Waals surface area (Å²) in [6, 6.07) is 11.0. The molecule has 1 N–H and O–H groups in total. The standard InChI is InChI=1S/C17H15N3O2S/c1-23-17-13(4-2-7-19-17)16(21)20-11-12-6-8-18-14(10-12)15-5-3-9-22-15/h2-10H,11H2,1H3,(H,20,21). The van der Waals surface area contributed by atoms with Gasteiger partial charge in [0.05, 0.1) is 11.8 Å². The summed E-state index contributed by atoms with van der Waals surface area (Å²) < 4.78 is 5.34. The van der Waals surface area contributed by atoms with E-state index >= 15 is 0 Å². The van der Waals surface area contributed by atoms with Crippen molar-refractivity contribution in [3.8, 4) is 11.5 Å². The van der Waals surface area contributed by atoms with E-state index in [0.717, 1.165) is 16.3 Å². The molecular weight excluding hydrogens is 310 g/mol. The molecule has 3 rings (SSSR count). The van der Waals surface area contributed by atoms with Crippen molar-refractivity contribution in [3.05, 3.63) is 66.2 Å². The Morgan fingerprint density at radius 3 is 2.91 bits per heavy atom. The van der Waals surface area contributed by atoms with Gasteiger partial charge in [-0.2, -0.15) is 0 Å². The van der Waals surface area contributed by atoms with Gasteiger partial charge in [-0.25, -0.2) is 4.98 Å². The van der Waals surface area contributed by atoms with Crippen LogP contribution in [0, 0.1) is 0 Å². The van der Waals surface area contributed by atoms with Crippen LogP contribution in [0.15, 0.2) is 64.5 Å². The van der Waals surface area contributed by atoms with Crippen LogP contribution in [0.4, 0.5) is 0 Å². The van der Waals surface area contributed by atoms with Crippen LogP contribution < -0.4 is 5.32 Å². The monoisotopic (exact) mass is 325 g/mol. The van der Waals surface area contributed by atoms with Gasteiger partial charge in [-0.1, -0.05) is 0 Å². The Balaban J connectivity index is 1.71. The molecule has 0 bridgehead atoms. The highest BCUT2D eigenvalue weighted by molar-refractivity contribution is 7.98. The van der Waals surface area contributed by atoms with E-state index in [9.17, 15) is 4.79 Å². The molecule has 0 saturated heterocycles. The van der Waals surface area contributed by atoms with Gasteiger partial charge in [-0.15, -0.1) is 11.8 Å². The Morgan fingerprint density at radius 1 is 1.22 bits per heavy atom. The van der Waals surface area contributed by atoms with Crippen LogP contribution in [0.1, 0.15) is 15.9 Å². The molecule has 1 amide bonds. The first-order valence-electron chi connectivity index (χ1n) is 7.04. The topological polar surface area (TPSA) is 68.0 Å². The lowest BCUT2D eigenvalue weighted by atomic mass is 10.2. The predicted octanol–water partition coefficient (Wildman–Crippen LogP) is 3.39. The van der Waals surface area contributed by atoms with E-state index in [4.69, 9.17) is 4.42 Å². The number of pyridine rings is 2. The molecule has 0 spiro atoms. The zero-order valence-corrected chi connectivity index (χ0v) is 13.3. The first kappa shape index (κ1) is 15.3. The largest absolute Gasteiger partial charge is 0.463 e. The summed E-state index contributed by atoms with van der Waals surface area (Å²) in [5, 5.41) is 3.63. The average Bonchev–Trinajstić information content (AvgIpc) is 3.14. The molecule has 23 heavy (non-hydrogen) atoms. The SMILES string of the molecule is CSc1ncccc1C(=O)NCc1ccnc(-c2ccco2)c1. The van der Waals surface area contributed by atoms with Crippen molar-refractivity contribution in [1.82, 2.24) is 15.3 Å². The first-order valence-corrected chi connectivity index (χ1v) is 8.26. The number of furan rings is 1. The van der Waals surface area contributed by atoms with Gasteiger partial charge >= 0.3 is 0 Å². The van der Waals surface area contributed by atoms with E-state index in [1.54, 1.807) is 30.8 Å². The van der Waals surface area contributed by atoms with Crippen LogP contribution in [0.25, 0.3) is 11.5 Å². The Kier molecular flexibility index (Phi) is 4.73. The van der Waals surface area contributed by atoms with Crippen molar-refractivity contribution in [1.29, 1.82) is 0 Å². The van der Waals surface area contributed by atoms with Gasteiger partial charge in [-0.05, 0) is 48.2 Å². The fourth-order valence-electron chi connectivity index (χ4n) is 2.15. The second-order valence-corrected chi connectivity index (χ2v) is 5.56. The summed E-state index contributed by atoms with van der Waals surface area (Å²) >= 11 is 1.45. The Labute approximate surface area is 138 Å². The maximum absolute atomic E-state index is 12.3. The number of hydrogen-bond donors (Lipinski definition) is 1. The smallest absolute Gasteiger partial charge is 0.254 e. The third-order valence-corrected chi connectivity index (χ3v) is 3.97. The lowest BCUT2D eigenvalue weighted by Gasteiger charge is -2.08. The van der Waals surface area contributed by atoms with E-state index < -0.39 is 0 Å². The maximum atomic E-state index is 12.3. The predicted molar refractivity (Wildman–Crippen MR) is 89.1 cm³/mol. The Bertz CT molecular complexity index is 803. The summed E-state index contributed by atoms with van der Waals surface area (Å²) in [6.07, 6.45) is 6.90. The molecule has 0 aliphatic heterocycles. The third kappa shape index (κ3) is 3.60. The molecule has 0 unspecified atom stereocenters. The number of hydrogen-bond acceptors (Lipinski definition) is 5. The second kappa shape index (κ2) is 7.11. The van der Waals surface area contributed by atoms with Crippen molar-refractivity contribution < 1.29 is 9.21 Å². The highest BCUT2D eigenvalue weighted by atomic mass is 32.2. The average molecular weight is 325 g/mol. The highest BCUT2D eigenvalue weighted by Crippen LogP contribution is 2.19. The van der Waals surface area contributed by atoms with E-state index in [1.807, 2.05) is 30.5 Å². The summed E-state index contributed by atoms with van der Waals surface area (Å²) in [5.41, 5.74) is 2.28. The normalized spacial score (nSPS) is 10.5. The van der Waals surface area contributed by atoms with Crippen LogP contribution in [0.5, 0.6) is 0 Å². The number of aromatic nitrogens is 2. The second-order valence-electron chi connectivity index (χ2n) is 4.77. The Hall–Kier alpha value is -2.60. The molecule has 0 aliphatic rings. The number of carbonyl (C=O) groups excluding carboxylic acids is 1. The lowest BCUT2D eigenvalue weighted by molar-refractivity contribution is 0.0947. The van der Waals surface area contributed by atoms with Gasteiger partial charge in [0.1, 0.15) is 10.7 Å². The van der Waals surface area contributed by atoms with E-state index in [1.165, 1.54) is 11.8 Å². The van der Waals surface area contributed by atoms with Gasteiger partial charge in [0.2, 0.25) is 0 Å². The molecule has 3 heterocycles. The van der Waals surface area contributed by atoms with Gasteiger partial charge < -0.3 is 9.73 Å². The van der Waals surface area contributed by atoms with Crippen LogP contribution >= 0.6 is 11.8 Å². The minimum Gasteiger partial charge on any atom is -0.463 e. The molecule has 0 atom stereocenters. The first-order chi connectivity index (χ1) is 11.3. The number of nitrogens with one attached hydrogen (secondary N) is 1. The Morgan fingerprint density at radius 2 is 2.13 bits per heavy atom. The summed E-state index contributed by atoms with van der Waals surface area (Å²) in [5.74, 6) is 0.564. The summed E-state index contributed by atoms with van der Waals surface area (Å²) in [6.45, 7) is 0.414. The molecule has 0 radical (unpaired) electrons. The van der Waals surface area contributed by atoms with Crippen LogP contribution in [-0.4, -0.2) is 22.1 Å². The fourth-order valence-corrected chi connectivity index (χ4v) is 2.69. The van der Waals surface area contributed by atoms with E-state index in [-0.39, 0.29) is 5.91 Å². The highest BCUT2D eigenvalue weighted by Gasteiger charge is 2.11. The maximum Gasteiger partial charge on any atom is 0.254 e. The third-order valence-electron chi connectivity index (χ3n) is 3.26. The lowest BCUT2D eigenvalue weighted by Crippen LogP contribution is -2.23. The number of rotatable bonds is 5. The molecule has 0 aromatic carbocycles. The van der Waals surface area contributed by atoms with Gasteiger partial charge in [0.15, 0.2) is 5.76 Å². The van der Waals surface area contributed by atoms with E-state index in [0.29, 0.717) is 17.9 Å². The van der Waals surface area contributed by atoms with Crippen molar-refractivity contribution in [2.24, 2.45) is 0 Å². The zero-order chi connectivity index (χ0) is 16.1. The fraction of sp³-hybridized carbons (Fsp3) is 0.118. The van der Waals surface area contributed by atoms with Gasteiger partial charge in [0, 0.05) is 18.9 Å². The van der Waals surface area contributed by atoms with Gasteiger partial charge in [0.25, 0.3) is 5.91 Å². The number of carbonyl (C=O) groups is 1. The van der Waals surface area contributed by atoms with Crippen molar-refractivity contribution in [2.45, 2.75) is 11.6 Å². The number of amides is 1. The molecule has 3 aromatic heterocycles. The van der Waals surface area contributed by atoms with Crippen LogP contribution in [-0.2, 0) is 6.54 Å². The summed E-state index contributed by atoms with van der Waals surface area (Å²) in [4.78, 5) is 20.8. The minimum atomic E-state index is -0.140. The van der Waals surface area contributed by atoms with Crippen molar-refractivity contribution in [2.75, 3.05) is 6.26 Å². The molecule has 6 heteroatoms. The van der Waals surface area contributed by atoms with Gasteiger partial charge in [-0.3, -0.25) is 9.78 Å². The number of thioether (sulfide) groups is 1. The van der Waals surface area contributed by atoms with Crippen LogP contribution in [0.3, 0.4) is 0 Å². The molecule has 5 nitrogen and oxygen atoms in total. The molecule has 116 valence electrons. The molecule has 0 fully saturated rings. The number of nitrogens with zero attached hydrogens (tertiary/aromatic N) is 2. The van der Waals surface area contributed by atoms with E-state index in [2.05, 4.69) is 15.3 Å². The zero-order valence-electron chi connectivity index (χ0n) is 12.5. The quantitative estimate of drug-likeness (QED) is 0.728. The molecule has 0 aliphatic carbocycles. The van der Waals surface area contributed by atoms with Crippen LogP contribution in [0.2, 0.25) is 0 Å². The van der Waals surface area contributed by atoms with Crippen molar-refractivity contribution >= 4 is 17.7 Å².